The number of hydrogen-bond donors (Lipinski definition) is 1. The maximum absolute atomic E-state index is 12.2. The van der Waals surface area contributed by atoms with E-state index in [1.807, 2.05) is 12.1 Å². The molecule has 0 saturated carbocycles. The normalized spacial score (nSPS) is 12.8. The number of Topliss-reactive ketones (excluding diaryl/α,β-unsaturated/α-hetero) is 1. The van der Waals surface area contributed by atoms with Crippen molar-refractivity contribution in [3.63, 3.8) is 0 Å². The van der Waals surface area contributed by atoms with E-state index < -0.39 is 0 Å². The van der Waals surface area contributed by atoms with E-state index in [0.717, 1.165) is 25.2 Å². The largest absolute Gasteiger partial charge is 0.371 e. The van der Waals surface area contributed by atoms with E-state index in [9.17, 15) is 9.59 Å². The molecule has 130 valence electrons. The smallest absolute Gasteiger partial charge is 0.224 e. The second-order valence-electron chi connectivity index (χ2n) is 6.15. The first-order chi connectivity index (χ1) is 12.1. The minimum Gasteiger partial charge on any atom is -0.371 e. The topological polar surface area (TPSA) is 49.4 Å². The van der Waals surface area contributed by atoms with Gasteiger partial charge in [-0.05, 0) is 55.3 Å². The minimum atomic E-state index is -0.150. The lowest BCUT2D eigenvalue weighted by Gasteiger charge is -2.17. The number of rotatable bonds is 6. The van der Waals surface area contributed by atoms with Crippen LogP contribution in [0.4, 0.5) is 11.4 Å². The van der Waals surface area contributed by atoms with Gasteiger partial charge in [0.1, 0.15) is 0 Å². The summed E-state index contributed by atoms with van der Waals surface area (Å²) in [7, 11) is 0. The fourth-order valence-electron chi connectivity index (χ4n) is 3.08. The van der Waals surface area contributed by atoms with Crippen LogP contribution in [-0.4, -0.2) is 24.8 Å². The average Bonchev–Trinajstić information content (AvgIpc) is 3.02. The van der Waals surface area contributed by atoms with Gasteiger partial charge < -0.3 is 10.2 Å². The highest BCUT2D eigenvalue weighted by Gasteiger charge is 2.18. The molecule has 1 aliphatic heterocycles. The number of amides is 1. The second kappa shape index (κ2) is 7.70. The van der Waals surface area contributed by atoms with Crippen LogP contribution in [0.1, 0.15) is 35.7 Å². The molecule has 5 heteroatoms. The summed E-state index contributed by atoms with van der Waals surface area (Å²) in [5.74, 6) is -0.207. The quantitative estimate of drug-likeness (QED) is 0.784. The van der Waals surface area contributed by atoms with Crippen molar-refractivity contribution in [3.05, 3.63) is 58.6 Å². The minimum absolute atomic E-state index is 0.0575. The monoisotopic (exact) mass is 356 g/mol. The predicted molar refractivity (Wildman–Crippen MR) is 102 cm³/mol. The number of likely N-dealkylation sites (N-methyl/N-ethyl adjacent to an activating group) is 1. The van der Waals surface area contributed by atoms with Gasteiger partial charge in [0.2, 0.25) is 5.91 Å². The molecule has 0 radical (unpaired) electrons. The van der Waals surface area contributed by atoms with Crippen LogP contribution in [0, 0.1) is 0 Å². The van der Waals surface area contributed by atoms with Crippen LogP contribution >= 0.6 is 11.6 Å². The summed E-state index contributed by atoms with van der Waals surface area (Å²) in [6.45, 7) is 4.11. The Kier molecular flexibility index (Phi) is 5.39. The highest BCUT2D eigenvalue weighted by atomic mass is 35.5. The van der Waals surface area contributed by atoms with Gasteiger partial charge in [0, 0.05) is 47.9 Å². The van der Waals surface area contributed by atoms with E-state index in [0.29, 0.717) is 10.6 Å². The van der Waals surface area contributed by atoms with Crippen molar-refractivity contribution in [2.24, 2.45) is 0 Å². The Morgan fingerprint density at radius 3 is 2.60 bits per heavy atom. The van der Waals surface area contributed by atoms with E-state index in [1.54, 1.807) is 24.3 Å². The molecule has 1 aliphatic rings. The van der Waals surface area contributed by atoms with Gasteiger partial charge in [-0.1, -0.05) is 17.7 Å². The van der Waals surface area contributed by atoms with Crippen LogP contribution in [-0.2, 0) is 11.2 Å². The number of nitrogens with one attached hydrogen (secondary N) is 1. The Morgan fingerprint density at radius 1 is 1.12 bits per heavy atom. The zero-order chi connectivity index (χ0) is 17.8. The number of benzene rings is 2. The molecule has 0 aliphatic carbocycles. The average molecular weight is 357 g/mol. The molecule has 1 N–H and O–H groups in total. The molecule has 0 aromatic heterocycles. The van der Waals surface area contributed by atoms with Crippen molar-refractivity contribution >= 4 is 34.7 Å². The maximum Gasteiger partial charge on any atom is 0.224 e. The zero-order valence-corrected chi connectivity index (χ0v) is 15.0. The van der Waals surface area contributed by atoms with E-state index in [-0.39, 0.29) is 24.5 Å². The van der Waals surface area contributed by atoms with Gasteiger partial charge in [-0.15, -0.1) is 0 Å². The summed E-state index contributed by atoms with van der Waals surface area (Å²) < 4.78 is 0. The van der Waals surface area contributed by atoms with Crippen molar-refractivity contribution in [1.82, 2.24) is 0 Å². The Balaban J connectivity index is 1.56. The molecule has 25 heavy (non-hydrogen) atoms. The Morgan fingerprint density at radius 2 is 1.88 bits per heavy atom. The number of halogens is 1. The Hall–Kier alpha value is -2.33. The third-order valence-electron chi connectivity index (χ3n) is 4.49. The molecule has 2 aromatic carbocycles. The summed E-state index contributed by atoms with van der Waals surface area (Å²) in [5.41, 5.74) is 3.87. The SMILES string of the molecule is CCN1CCc2ccc(NC(=O)CCC(=O)c3ccc(Cl)cc3)cc21. The van der Waals surface area contributed by atoms with Crippen molar-refractivity contribution in [2.75, 3.05) is 23.3 Å². The van der Waals surface area contributed by atoms with E-state index >= 15 is 0 Å². The van der Waals surface area contributed by atoms with Crippen LogP contribution in [0.3, 0.4) is 0 Å². The van der Waals surface area contributed by atoms with Crippen molar-refractivity contribution in [3.8, 4) is 0 Å². The van der Waals surface area contributed by atoms with Crippen molar-refractivity contribution < 1.29 is 9.59 Å². The Labute approximate surface area is 152 Å². The van der Waals surface area contributed by atoms with Gasteiger partial charge in [0.05, 0.1) is 0 Å². The highest BCUT2D eigenvalue weighted by molar-refractivity contribution is 6.30. The van der Waals surface area contributed by atoms with Crippen LogP contribution in [0.15, 0.2) is 42.5 Å². The molecule has 0 saturated heterocycles. The second-order valence-corrected chi connectivity index (χ2v) is 6.59. The van der Waals surface area contributed by atoms with E-state index in [2.05, 4.69) is 23.2 Å². The number of ketones is 1. The molecule has 0 atom stereocenters. The van der Waals surface area contributed by atoms with E-state index in [1.165, 1.54) is 11.3 Å². The van der Waals surface area contributed by atoms with E-state index in [4.69, 9.17) is 11.6 Å². The van der Waals surface area contributed by atoms with Crippen LogP contribution in [0.25, 0.3) is 0 Å². The highest BCUT2D eigenvalue weighted by Crippen LogP contribution is 2.30. The number of carbonyl (C=O) groups excluding carboxylic acids is 2. The van der Waals surface area contributed by atoms with Crippen LogP contribution in [0.2, 0.25) is 5.02 Å². The summed E-state index contributed by atoms with van der Waals surface area (Å²) in [6.07, 6.45) is 1.39. The molecule has 0 fully saturated rings. The lowest BCUT2D eigenvalue weighted by molar-refractivity contribution is -0.116. The predicted octanol–water partition coefficient (Wildman–Crippen LogP) is 4.32. The molecule has 1 heterocycles. The molecule has 4 nitrogen and oxygen atoms in total. The third-order valence-corrected chi connectivity index (χ3v) is 4.74. The zero-order valence-electron chi connectivity index (χ0n) is 14.2. The maximum atomic E-state index is 12.2. The first-order valence-electron chi connectivity index (χ1n) is 8.53. The van der Waals surface area contributed by atoms with Gasteiger partial charge in [-0.25, -0.2) is 0 Å². The van der Waals surface area contributed by atoms with Crippen molar-refractivity contribution in [1.29, 1.82) is 0 Å². The van der Waals surface area contributed by atoms with Gasteiger partial charge in [-0.3, -0.25) is 9.59 Å². The number of fused-ring (bicyclic) bond motifs is 1. The summed E-state index contributed by atoms with van der Waals surface area (Å²) in [4.78, 5) is 26.6. The number of hydrogen-bond acceptors (Lipinski definition) is 3. The van der Waals surface area contributed by atoms with Gasteiger partial charge >= 0.3 is 0 Å². The van der Waals surface area contributed by atoms with Crippen molar-refractivity contribution in [2.45, 2.75) is 26.2 Å². The summed E-state index contributed by atoms with van der Waals surface area (Å²) in [5, 5.41) is 3.48. The standard InChI is InChI=1S/C20H21ClN2O2/c1-2-23-12-11-14-5-8-17(13-18(14)23)22-20(25)10-9-19(24)15-3-6-16(21)7-4-15/h3-8,13H,2,9-12H2,1H3,(H,22,25). The van der Waals surface area contributed by atoms with Gasteiger partial charge in [-0.2, -0.15) is 0 Å². The van der Waals surface area contributed by atoms with Gasteiger partial charge in [0.25, 0.3) is 0 Å². The molecule has 0 bridgehead atoms. The molecule has 2 aromatic rings. The fraction of sp³-hybridized carbons (Fsp3) is 0.300. The first kappa shape index (κ1) is 17.5. The molecular weight excluding hydrogens is 336 g/mol. The molecule has 3 rings (SSSR count). The molecule has 1 amide bonds. The molecular formula is C20H21ClN2O2. The number of nitrogens with zero attached hydrogens (tertiary/aromatic N) is 1. The van der Waals surface area contributed by atoms with Crippen LogP contribution in [0.5, 0.6) is 0 Å². The number of carbonyl (C=O) groups is 2. The van der Waals surface area contributed by atoms with Crippen LogP contribution < -0.4 is 10.2 Å². The lowest BCUT2D eigenvalue weighted by Crippen LogP contribution is -2.19. The number of anilines is 2. The Bertz CT molecular complexity index is 787. The summed E-state index contributed by atoms with van der Waals surface area (Å²) >= 11 is 5.82. The van der Waals surface area contributed by atoms with Gasteiger partial charge in [0.15, 0.2) is 5.78 Å². The molecule has 0 spiro atoms. The fourth-order valence-corrected chi connectivity index (χ4v) is 3.21. The molecule has 0 unspecified atom stereocenters. The summed E-state index contributed by atoms with van der Waals surface area (Å²) in [6, 6.07) is 12.7. The lowest BCUT2D eigenvalue weighted by atomic mass is 10.1. The third kappa shape index (κ3) is 4.20. The first-order valence-corrected chi connectivity index (χ1v) is 8.91.